The number of aliphatic carboxylic acids is 1. The summed E-state index contributed by atoms with van der Waals surface area (Å²) in [7, 11) is 0. The molecule has 1 fully saturated rings. The minimum atomic E-state index is -0.974. The van der Waals surface area contributed by atoms with Gasteiger partial charge in [-0.3, -0.25) is 9.59 Å². The van der Waals surface area contributed by atoms with E-state index in [2.05, 4.69) is 15.9 Å². The second-order valence-corrected chi connectivity index (χ2v) is 5.40. The zero-order valence-corrected chi connectivity index (χ0v) is 11.6. The molecular weight excluding hydrogens is 298 g/mol. The molecule has 1 aliphatic carbocycles. The number of hydrogen-bond acceptors (Lipinski definition) is 2. The first-order valence-corrected chi connectivity index (χ1v) is 6.57. The quantitative estimate of drug-likeness (QED) is 0.929. The molecule has 0 spiro atoms. The molecule has 0 aliphatic heterocycles. The molecule has 1 aromatic rings. The maximum atomic E-state index is 12.3. The highest BCUT2D eigenvalue weighted by molar-refractivity contribution is 9.10. The van der Waals surface area contributed by atoms with Crippen molar-refractivity contribution < 1.29 is 14.7 Å². The van der Waals surface area contributed by atoms with Crippen LogP contribution < -0.4 is 0 Å². The molecule has 2 rings (SSSR count). The molecule has 96 valence electrons. The van der Waals surface area contributed by atoms with Crippen LogP contribution in [0.25, 0.3) is 0 Å². The van der Waals surface area contributed by atoms with Crippen LogP contribution in [-0.2, 0) is 4.79 Å². The monoisotopic (exact) mass is 311 g/mol. The SMILES string of the molecule is Cc1ccc(C(=O)N(CC(=O)O)C2CC2)c(Br)c1. The van der Waals surface area contributed by atoms with Crippen LogP contribution in [0, 0.1) is 6.92 Å². The molecular formula is C13H14BrNO3. The fourth-order valence-corrected chi connectivity index (χ4v) is 2.51. The van der Waals surface area contributed by atoms with Crippen molar-refractivity contribution in [1.29, 1.82) is 0 Å². The average molecular weight is 312 g/mol. The van der Waals surface area contributed by atoms with Crippen LogP contribution >= 0.6 is 15.9 Å². The predicted octanol–water partition coefficient (Wildman–Crippen LogP) is 2.45. The molecule has 0 bridgehead atoms. The van der Waals surface area contributed by atoms with E-state index in [1.807, 2.05) is 19.1 Å². The fraction of sp³-hybridized carbons (Fsp3) is 0.385. The van der Waals surface area contributed by atoms with Crippen molar-refractivity contribution in [3.05, 3.63) is 33.8 Å². The molecule has 1 N–H and O–H groups in total. The number of benzene rings is 1. The van der Waals surface area contributed by atoms with Gasteiger partial charge < -0.3 is 10.0 Å². The Hall–Kier alpha value is -1.36. The zero-order chi connectivity index (χ0) is 13.3. The lowest BCUT2D eigenvalue weighted by Gasteiger charge is -2.21. The third-order valence-corrected chi connectivity index (χ3v) is 3.57. The Labute approximate surface area is 114 Å². The fourth-order valence-electron chi connectivity index (χ4n) is 1.85. The first-order valence-electron chi connectivity index (χ1n) is 5.78. The van der Waals surface area contributed by atoms with Gasteiger partial charge in [-0.25, -0.2) is 0 Å². The highest BCUT2D eigenvalue weighted by atomic mass is 79.9. The van der Waals surface area contributed by atoms with Crippen LogP contribution in [-0.4, -0.2) is 34.5 Å². The Balaban J connectivity index is 2.24. The third kappa shape index (κ3) is 2.90. The maximum absolute atomic E-state index is 12.3. The molecule has 1 amide bonds. The number of carboxylic acids is 1. The van der Waals surface area contributed by atoms with Gasteiger partial charge in [-0.05, 0) is 53.4 Å². The summed E-state index contributed by atoms with van der Waals surface area (Å²) >= 11 is 3.36. The van der Waals surface area contributed by atoms with Gasteiger partial charge in [0.15, 0.2) is 0 Å². The van der Waals surface area contributed by atoms with Gasteiger partial charge in [-0.2, -0.15) is 0 Å². The number of aryl methyl sites for hydroxylation is 1. The van der Waals surface area contributed by atoms with E-state index in [-0.39, 0.29) is 18.5 Å². The lowest BCUT2D eigenvalue weighted by atomic mass is 10.1. The van der Waals surface area contributed by atoms with Crippen LogP contribution in [0.1, 0.15) is 28.8 Å². The van der Waals surface area contributed by atoms with Crippen molar-refractivity contribution in [3.8, 4) is 0 Å². The van der Waals surface area contributed by atoms with Crippen molar-refractivity contribution in [2.75, 3.05) is 6.54 Å². The molecule has 1 saturated carbocycles. The van der Waals surface area contributed by atoms with E-state index in [4.69, 9.17) is 5.11 Å². The van der Waals surface area contributed by atoms with Crippen molar-refractivity contribution in [3.63, 3.8) is 0 Å². The topological polar surface area (TPSA) is 57.6 Å². The highest BCUT2D eigenvalue weighted by Gasteiger charge is 2.34. The number of carbonyl (C=O) groups is 2. The molecule has 18 heavy (non-hydrogen) atoms. The summed E-state index contributed by atoms with van der Waals surface area (Å²) in [6.45, 7) is 1.71. The Bertz CT molecular complexity index is 497. The minimum absolute atomic E-state index is 0.0850. The van der Waals surface area contributed by atoms with Crippen molar-refractivity contribution in [1.82, 2.24) is 4.90 Å². The van der Waals surface area contributed by atoms with E-state index in [0.717, 1.165) is 18.4 Å². The number of nitrogens with zero attached hydrogens (tertiary/aromatic N) is 1. The van der Waals surface area contributed by atoms with Crippen molar-refractivity contribution in [2.24, 2.45) is 0 Å². The van der Waals surface area contributed by atoms with Gasteiger partial charge in [0, 0.05) is 10.5 Å². The van der Waals surface area contributed by atoms with E-state index in [1.165, 1.54) is 4.90 Å². The largest absolute Gasteiger partial charge is 0.480 e. The molecule has 0 radical (unpaired) electrons. The number of amides is 1. The molecule has 1 aliphatic rings. The Kier molecular flexibility index (Phi) is 3.71. The standard InChI is InChI=1S/C13H14BrNO3/c1-8-2-5-10(11(14)6-8)13(18)15(7-12(16)17)9-3-4-9/h2,5-6,9H,3-4,7H2,1H3,(H,16,17). The summed E-state index contributed by atoms with van der Waals surface area (Å²) in [4.78, 5) is 24.6. The second-order valence-electron chi connectivity index (χ2n) is 4.54. The smallest absolute Gasteiger partial charge is 0.323 e. The Morgan fingerprint density at radius 1 is 1.44 bits per heavy atom. The highest BCUT2D eigenvalue weighted by Crippen LogP contribution is 2.29. The molecule has 5 heteroatoms. The van der Waals surface area contributed by atoms with E-state index in [0.29, 0.717) is 10.0 Å². The summed E-state index contributed by atoms with van der Waals surface area (Å²) in [5.74, 6) is -1.19. The molecule has 1 aromatic carbocycles. The second kappa shape index (κ2) is 5.10. The first kappa shape index (κ1) is 13.1. The molecule has 0 heterocycles. The van der Waals surface area contributed by atoms with Gasteiger partial charge in [0.25, 0.3) is 5.91 Å². The summed E-state index contributed by atoms with van der Waals surface area (Å²) in [5.41, 5.74) is 1.57. The van der Waals surface area contributed by atoms with Crippen molar-refractivity contribution >= 4 is 27.8 Å². The van der Waals surface area contributed by atoms with Gasteiger partial charge in [0.2, 0.25) is 0 Å². The van der Waals surface area contributed by atoms with E-state index in [1.54, 1.807) is 6.07 Å². The molecule has 0 unspecified atom stereocenters. The number of rotatable bonds is 4. The van der Waals surface area contributed by atoms with E-state index >= 15 is 0 Å². The Morgan fingerprint density at radius 3 is 2.61 bits per heavy atom. The average Bonchev–Trinajstić information content (AvgIpc) is 3.08. The molecule has 4 nitrogen and oxygen atoms in total. The number of carboxylic acid groups (broad SMARTS) is 1. The maximum Gasteiger partial charge on any atom is 0.323 e. The predicted molar refractivity (Wildman–Crippen MR) is 70.6 cm³/mol. The summed E-state index contributed by atoms with van der Waals surface area (Å²) in [5, 5.41) is 8.86. The number of carbonyl (C=O) groups excluding carboxylic acids is 1. The summed E-state index contributed by atoms with van der Waals surface area (Å²) in [6.07, 6.45) is 1.78. The van der Waals surface area contributed by atoms with Crippen LogP contribution in [0.4, 0.5) is 0 Å². The normalized spacial score (nSPS) is 14.3. The van der Waals surface area contributed by atoms with Crippen LogP contribution in [0.5, 0.6) is 0 Å². The van der Waals surface area contributed by atoms with Crippen molar-refractivity contribution in [2.45, 2.75) is 25.8 Å². The third-order valence-electron chi connectivity index (χ3n) is 2.91. The van der Waals surface area contributed by atoms with Gasteiger partial charge in [0.05, 0.1) is 5.56 Å². The van der Waals surface area contributed by atoms with Crippen LogP contribution in [0.2, 0.25) is 0 Å². The van der Waals surface area contributed by atoms with Crippen LogP contribution in [0.3, 0.4) is 0 Å². The van der Waals surface area contributed by atoms with E-state index in [9.17, 15) is 9.59 Å². The molecule has 0 atom stereocenters. The lowest BCUT2D eigenvalue weighted by molar-refractivity contribution is -0.137. The van der Waals surface area contributed by atoms with Gasteiger partial charge >= 0.3 is 5.97 Å². The molecule has 0 saturated heterocycles. The minimum Gasteiger partial charge on any atom is -0.480 e. The number of halogens is 1. The summed E-state index contributed by atoms with van der Waals surface area (Å²) < 4.78 is 0.712. The number of hydrogen-bond donors (Lipinski definition) is 1. The Morgan fingerprint density at radius 2 is 2.11 bits per heavy atom. The summed E-state index contributed by atoms with van der Waals surface area (Å²) in [6, 6.07) is 5.53. The van der Waals surface area contributed by atoms with Gasteiger partial charge in [-0.15, -0.1) is 0 Å². The van der Waals surface area contributed by atoms with Gasteiger partial charge in [-0.1, -0.05) is 6.07 Å². The van der Waals surface area contributed by atoms with Gasteiger partial charge in [0.1, 0.15) is 6.54 Å². The van der Waals surface area contributed by atoms with Crippen LogP contribution in [0.15, 0.2) is 22.7 Å². The molecule has 0 aromatic heterocycles. The zero-order valence-electron chi connectivity index (χ0n) is 10.0. The first-order chi connectivity index (χ1) is 8.49. The van der Waals surface area contributed by atoms with E-state index < -0.39 is 5.97 Å². The lowest BCUT2D eigenvalue weighted by Crippen LogP contribution is -2.37.